The molecule has 0 amide bonds. The molecule has 0 atom stereocenters. The van der Waals surface area contributed by atoms with Crippen molar-refractivity contribution < 1.29 is 4.79 Å². The number of Topliss-reactive ketones (excluding diaryl/α,β-unsaturated/α-hetero) is 1. The minimum atomic E-state index is 0.274. The molecular formula is C19H18O. The molecule has 3 aromatic carbocycles. The molecule has 0 aliphatic carbocycles. The van der Waals surface area contributed by atoms with Crippen molar-refractivity contribution in [2.24, 2.45) is 0 Å². The summed E-state index contributed by atoms with van der Waals surface area (Å²) in [6.45, 7) is 1.66. The van der Waals surface area contributed by atoms with Crippen LogP contribution >= 0.6 is 0 Å². The molecule has 0 radical (unpaired) electrons. The molecule has 1 heteroatoms. The van der Waals surface area contributed by atoms with Crippen LogP contribution in [0, 0.1) is 0 Å². The van der Waals surface area contributed by atoms with Crippen LogP contribution in [0.15, 0.2) is 54.6 Å². The van der Waals surface area contributed by atoms with Crippen molar-refractivity contribution >= 4 is 27.3 Å². The number of rotatable bonds is 4. The van der Waals surface area contributed by atoms with Gasteiger partial charge >= 0.3 is 0 Å². The maximum atomic E-state index is 11.1. The first-order valence-corrected chi connectivity index (χ1v) is 7.14. The van der Waals surface area contributed by atoms with Crippen molar-refractivity contribution in [2.45, 2.75) is 26.2 Å². The van der Waals surface area contributed by atoms with E-state index in [2.05, 4.69) is 54.6 Å². The number of carbonyl (C=O) groups excluding carboxylic acids is 1. The van der Waals surface area contributed by atoms with E-state index in [1.807, 2.05) is 0 Å². The predicted molar refractivity (Wildman–Crippen MR) is 85.1 cm³/mol. The summed E-state index contributed by atoms with van der Waals surface area (Å²) in [6, 6.07) is 19.4. The molecule has 0 heterocycles. The number of hydrogen-bond acceptors (Lipinski definition) is 1. The van der Waals surface area contributed by atoms with Gasteiger partial charge < -0.3 is 4.79 Å². The van der Waals surface area contributed by atoms with E-state index in [0.717, 1.165) is 12.8 Å². The minimum absolute atomic E-state index is 0.274. The third kappa shape index (κ3) is 2.57. The van der Waals surface area contributed by atoms with E-state index in [1.54, 1.807) is 6.92 Å². The van der Waals surface area contributed by atoms with Gasteiger partial charge in [0, 0.05) is 6.42 Å². The number of aryl methyl sites for hydroxylation is 1. The van der Waals surface area contributed by atoms with Gasteiger partial charge in [0.1, 0.15) is 5.78 Å². The van der Waals surface area contributed by atoms with Crippen molar-refractivity contribution in [3.8, 4) is 0 Å². The largest absolute Gasteiger partial charge is 0.300 e. The quantitative estimate of drug-likeness (QED) is 0.611. The monoisotopic (exact) mass is 262 g/mol. The first-order valence-electron chi connectivity index (χ1n) is 7.14. The van der Waals surface area contributed by atoms with Crippen molar-refractivity contribution in [1.29, 1.82) is 0 Å². The van der Waals surface area contributed by atoms with Gasteiger partial charge in [0.15, 0.2) is 0 Å². The van der Waals surface area contributed by atoms with Gasteiger partial charge in [0.05, 0.1) is 0 Å². The number of ketones is 1. The second kappa shape index (κ2) is 5.46. The van der Waals surface area contributed by atoms with E-state index in [0.29, 0.717) is 6.42 Å². The lowest BCUT2D eigenvalue weighted by molar-refractivity contribution is -0.117. The smallest absolute Gasteiger partial charge is 0.129 e. The number of benzene rings is 3. The van der Waals surface area contributed by atoms with E-state index in [4.69, 9.17) is 0 Å². The van der Waals surface area contributed by atoms with Gasteiger partial charge in [-0.15, -0.1) is 0 Å². The first-order chi connectivity index (χ1) is 9.74. The van der Waals surface area contributed by atoms with Crippen LogP contribution < -0.4 is 0 Å². The summed E-state index contributed by atoms with van der Waals surface area (Å²) in [7, 11) is 0. The second-order valence-electron chi connectivity index (χ2n) is 5.39. The third-order valence-corrected chi connectivity index (χ3v) is 3.81. The maximum Gasteiger partial charge on any atom is 0.129 e. The van der Waals surface area contributed by atoms with Gasteiger partial charge in [-0.1, -0.05) is 42.5 Å². The topological polar surface area (TPSA) is 17.1 Å². The van der Waals surface area contributed by atoms with E-state index < -0.39 is 0 Å². The van der Waals surface area contributed by atoms with E-state index in [1.165, 1.54) is 27.1 Å². The number of carbonyl (C=O) groups is 1. The van der Waals surface area contributed by atoms with Crippen LogP contribution in [0.1, 0.15) is 25.3 Å². The Morgan fingerprint density at radius 3 is 2.35 bits per heavy atom. The van der Waals surface area contributed by atoms with Gasteiger partial charge in [-0.3, -0.25) is 0 Å². The summed E-state index contributed by atoms with van der Waals surface area (Å²) in [6.07, 6.45) is 2.57. The van der Waals surface area contributed by atoms with Gasteiger partial charge in [-0.25, -0.2) is 0 Å². The Morgan fingerprint density at radius 1 is 0.900 bits per heavy atom. The lowest BCUT2D eigenvalue weighted by Crippen LogP contribution is -1.93. The Bertz CT molecular complexity index is 771. The molecule has 20 heavy (non-hydrogen) atoms. The van der Waals surface area contributed by atoms with Crippen molar-refractivity contribution in [1.82, 2.24) is 0 Å². The highest BCUT2D eigenvalue weighted by Crippen LogP contribution is 2.26. The summed E-state index contributed by atoms with van der Waals surface area (Å²) in [4.78, 5) is 11.1. The van der Waals surface area contributed by atoms with E-state index >= 15 is 0 Å². The normalized spacial score (nSPS) is 11.1. The van der Waals surface area contributed by atoms with Gasteiger partial charge in [-0.05, 0) is 59.0 Å². The van der Waals surface area contributed by atoms with Crippen molar-refractivity contribution in [3.63, 3.8) is 0 Å². The number of fused-ring (bicyclic) bond motifs is 2. The predicted octanol–water partition coefficient (Wildman–Crippen LogP) is 4.90. The average molecular weight is 262 g/mol. The average Bonchev–Trinajstić information content (AvgIpc) is 2.45. The Hall–Kier alpha value is -2.15. The summed E-state index contributed by atoms with van der Waals surface area (Å²) >= 11 is 0. The molecule has 0 aliphatic heterocycles. The molecule has 3 rings (SSSR count). The molecule has 100 valence electrons. The van der Waals surface area contributed by atoms with Crippen LogP contribution in [-0.4, -0.2) is 5.78 Å². The molecule has 0 unspecified atom stereocenters. The lowest BCUT2D eigenvalue weighted by atomic mass is 9.97. The zero-order valence-electron chi connectivity index (χ0n) is 11.7. The summed E-state index contributed by atoms with van der Waals surface area (Å²) in [5, 5.41) is 5.15. The molecule has 0 spiro atoms. The molecule has 1 nitrogen and oxygen atoms in total. The molecule has 3 aromatic rings. The molecular weight excluding hydrogens is 244 g/mol. The van der Waals surface area contributed by atoms with Crippen LogP contribution in [0.3, 0.4) is 0 Å². The van der Waals surface area contributed by atoms with Crippen LogP contribution in [0.2, 0.25) is 0 Å². The molecule has 0 N–H and O–H groups in total. The second-order valence-corrected chi connectivity index (χ2v) is 5.39. The minimum Gasteiger partial charge on any atom is -0.300 e. The lowest BCUT2D eigenvalue weighted by Gasteiger charge is -2.08. The van der Waals surface area contributed by atoms with Crippen molar-refractivity contribution in [3.05, 3.63) is 60.2 Å². The standard InChI is InChI=1S/C19H18O/c1-14(20)6-4-9-15-10-5-11-18-12-16-7-2-3-8-17(16)13-19(15)18/h2-3,5,7-8,10-13H,4,6,9H2,1H3. The fourth-order valence-electron chi connectivity index (χ4n) is 2.78. The molecule has 0 saturated carbocycles. The maximum absolute atomic E-state index is 11.1. The highest BCUT2D eigenvalue weighted by atomic mass is 16.1. The Morgan fingerprint density at radius 2 is 1.60 bits per heavy atom. The van der Waals surface area contributed by atoms with Crippen LogP contribution in [0.25, 0.3) is 21.5 Å². The van der Waals surface area contributed by atoms with Crippen molar-refractivity contribution in [2.75, 3.05) is 0 Å². The Kier molecular flexibility index (Phi) is 3.51. The fraction of sp³-hybridized carbons (Fsp3) is 0.211. The van der Waals surface area contributed by atoms with Gasteiger partial charge in [-0.2, -0.15) is 0 Å². The summed E-state index contributed by atoms with van der Waals surface area (Å²) < 4.78 is 0. The number of hydrogen-bond donors (Lipinski definition) is 0. The van der Waals surface area contributed by atoms with Gasteiger partial charge in [0.25, 0.3) is 0 Å². The van der Waals surface area contributed by atoms with E-state index in [-0.39, 0.29) is 5.78 Å². The Labute approximate surface area is 119 Å². The molecule has 0 fully saturated rings. The SMILES string of the molecule is CC(=O)CCCc1cccc2cc3ccccc3cc12. The summed E-state index contributed by atoms with van der Waals surface area (Å²) in [5.41, 5.74) is 1.34. The fourth-order valence-corrected chi connectivity index (χ4v) is 2.78. The molecule has 0 aromatic heterocycles. The van der Waals surface area contributed by atoms with Gasteiger partial charge in [0.2, 0.25) is 0 Å². The highest BCUT2D eigenvalue weighted by Gasteiger charge is 2.04. The highest BCUT2D eigenvalue weighted by molar-refractivity contribution is 5.99. The van der Waals surface area contributed by atoms with Crippen LogP contribution in [-0.2, 0) is 11.2 Å². The zero-order chi connectivity index (χ0) is 13.9. The molecule has 0 saturated heterocycles. The zero-order valence-corrected chi connectivity index (χ0v) is 11.7. The Balaban J connectivity index is 2.03. The summed E-state index contributed by atoms with van der Waals surface area (Å²) in [5.74, 6) is 0.274. The van der Waals surface area contributed by atoms with Crippen LogP contribution in [0.5, 0.6) is 0 Å². The molecule has 0 aliphatic rings. The van der Waals surface area contributed by atoms with Crippen LogP contribution in [0.4, 0.5) is 0 Å². The first kappa shape index (κ1) is 12.9. The van der Waals surface area contributed by atoms with E-state index in [9.17, 15) is 4.79 Å². The molecule has 0 bridgehead atoms. The third-order valence-electron chi connectivity index (χ3n) is 3.81.